The zero-order valence-electron chi connectivity index (χ0n) is 19.6. The Morgan fingerprint density at radius 1 is 1.11 bits per heavy atom. The van der Waals surface area contributed by atoms with Crippen LogP contribution >= 0.6 is 11.8 Å². The molecule has 0 fully saturated rings. The van der Waals surface area contributed by atoms with Crippen molar-refractivity contribution in [1.82, 2.24) is 25.2 Å². The van der Waals surface area contributed by atoms with E-state index in [1.807, 2.05) is 68.4 Å². The molecule has 3 heterocycles. The molecule has 10 heteroatoms. The fourth-order valence-electron chi connectivity index (χ4n) is 4.14. The first kappa shape index (κ1) is 22.9. The number of benzene rings is 2. The van der Waals surface area contributed by atoms with Crippen molar-refractivity contribution in [2.24, 2.45) is 5.10 Å². The summed E-state index contributed by atoms with van der Waals surface area (Å²) >= 11 is 1.28. The van der Waals surface area contributed by atoms with E-state index < -0.39 is 0 Å². The number of amides is 1. The molecule has 0 saturated carbocycles. The minimum atomic E-state index is -0.315. The van der Waals surface area contributed by atoms with Gasteiger partial charge in [-0.25, -0.2) is 5.01 Å². The van der Waals surface area contributed by atoms with E-state index in [2.05, 4.69) is 20.6 Å². The van der Waals surface area contributed by atoms with Crippen molar-refractivity contribution in [3.8, 4) is 11.4 Å². The van der Waals surface area contributed by atoms with Gasteiger partial charge in [-0.05, 0) is 77.4 Å². The van der Waals surface area contributed by atoms with Crippen molar-refractivity contribution in [3.05, 3.63) is 83.3 Å². The van der Waals surface area contributed by atoms with Crippen molar-refractivity contribution in [3.63, 3.8) is 0 Å². The van der Waals surface area contributed by atoms with E-state index >= 15 is 0 Å². The topological polar surface area (TPSA) is 98.6 Å². The Hall–Kier alpha value is -3.92. The summed E-state index contributed by atoms with van der Waals surface area (Å²) in [5.74, 6) is 1.43. The third-order valence-electron chi connectivity index (χ3n) is 5.88. The van der Waals surface area contributed by atoms with Crippen molar-refractivity contribution in [1.29, 1.82) is 0 Å². The minimum Gasteiger partial charge on any atom is -0.497 e. The monoisotopic (exact) mass is 488 g/mol. The summed E-state index contributed by atoms with van der Waals surface area (Å²) in [6.07, 6.45) is 2.16. The molecule has 2 aromatic heterocycles. The summed E-state index contributed by atoms with van der Waals surface area (Å²) in [7, 11) is 1.63. The number of hydrogen-bond donors (Lipinski definition) is 0. The maximum absolute atomic E-state index is 13.4. The number of carbonyl (C=O) groups excluding carboxylic acids is 1. The molecule has 0 bridgehead atoms. The van der Waals surface area contributed by atoms with Crippen LogP contribution in [0.3, 0.4) is 0 Å². The molecule has 0 saturated heterocycles. The SMILES string of the molecule is COc1ccc(C2=NN(C(=O)CSc3nnnn3-c3c(C)cccc3C)[C@H](c3ccco3)C2)cc1. The van der Waals surface area contributed by atoms with Crippen LogP contribution < -0.4 is 4.74 Å². The number of methoxy groups -OCH3 is 1. The molecule has 9 nitrogen and oxygen atoms in total. The van der Waals surface area contributed by atoms with Gasteiger partial charge in [-0.3, -0.25) is 4.79 Å². The van der Waals surface area contributed by atoms with E-state index in [9.17, 15) is 4.79 Å². The van der Waals surface area contributed by atoms with Crippen LogP contribution in [0.25, 0.3) is 5.69 Å². The molecule has 1 atom stereocenters. The predicted molar refractivity (Wildman–Crippen MR) is 132 cm³/mol. The molecule has 1 aliphatic rings. The molecule has 0 N–H and O–H groups in total. The van der Waals surface area contributed by atoms with Crippen LogP contribution in [-0.2, 0) is 4.79 Å². The maximum atomic E-state index is 13.4. The Morgan fingerprint density at radius 2 is 1.89 bits per heavy atom. The Labute approximate surface area is 206 Å². The van der Waals surface area contributed by atoms with Crippen molar-refractivity contribution in [2.45, 2.75) is 31.5 Å². The molecule has 0 spiro atoms. The average Bonchev–Trinajstić information content (AvgIpc) is 3.63. The molecule has 1 aliphatic heterocycles. The van der Waals surface area contributed by atoms with Crippen molar-refractivity contribution < 1.29 is 13.9 Å². The number of carbonyl (C=O) groups is 1. The second kappa shape index (κ2) is 9.75. The van der Waals surface area contributed by atoms with Crippen LogP contribution in [0.5, 0.6) is 5.75 Å². The Bertz CT molecular complexity index is 1340. The number of hydrazone groups is 1. The first-order valence-corrected chi connectivity index (χ1v) is 12.1. The normalized spacial score (nSPS) is 15.3. The van der Waals surface area contributed by atoms with E-state index in [0.29, 0.717) is 17.3 Å². The summed E-state index contributed by atoms with van der Waals surface area (Å²) in [6.45, 7) is 4.02. The number of tetrazole rings is 1. The first-order chi connectivity index (χ1) is 17.0. The lowest BCUT2D eigenvalue weighted by molar-refractivity contribution is -0.130. The van der Waals surface area contributed by atoms with Gasteiger partial charge in [0.05, 0.1) is 30.5 Å². The number of nitrogens with zero attached hydrogens (tertiary/aromatic N) is 6. The van der Waals surface area contributed by atoms with Crippen LogP contribution in [0.1, 0.15) is 34.9 Å². The van der Waals surface area contributed by atoms with E-state index in [4.69, 9.17) is 9.15 Å². The van der Waals surface area contributed by atoms with Crippen molar-refractivity contribution in [2.75, 3.05) is 12.9 Å². The number of ether oxygens (including phenoxy) is 1. The largest absolute Gasteiger partial charge is 0.497 e. The van der Waals surface area contributed by atoms with Crippen LogP contribution in [0.15, 0.2) is 75.5 Å². The molecule has 0 aliphatic carbocycles. The van der Waals surface area contributed by atoms with E-state index in [-0.39, 0.29) is 17.7 Å². The number of para-hydroxylation sites is 1. The van der Waals surface area contributed by atoms with Gasteiger partial charge < -0.3 is 9.15 Å². The van der Waals surface area contributed by atoms with Gasteiger partial charge in [-0.1, -0.05) is 30.0 Å². The molecule has 1 amide bonds. The molecule has 35 heavy (non-hydrogen) atoms. The zero-order valence-corrected chi connectivity index (χ0v) is 20.4. The number of aromatic nitrogens is 4. The summed E-state index contributed by atoms with van der Waals surface area (Å²) < 4.78 is 12.6. The Kier molecular flexibility index (Phi) is 6.37. The van der Waals surface area contributed by atoms with Crippen LogP contribution in [0.2, 0.25) is 0 Å². The van der Waals surface area contributed by atoms with Crippen molar-refractivity contribution >= 4 is 23.4 Å². The predicted octanol–water partition coefficient (Wildman–Crippen LogP) is 4.35. The highest BCUT2D eigenvalue weighted by Gasteiger charge is 2.35. The highest BCUT2D eigenvalue weighted by molar-refractivity contribution is 7.99. The molecule has 5 rings (SSSR count). The zero-order chi connectivity index (χ0) is 24.4. The Balaban J connectivity index is 1.38. The van der Waals surface area contributed by atoms with Gasteiger partial charge in [-0.15, -0.1) is 5.10 Å². The number of aryl methyl sites for hydroxylation is 2. The average molecular weight is 489 g/mol. The fraction of sp³-hybridized carbons (Fsp3) is 0.240. The first-order valence-electron chi connectivity index (χ1n) is 11.1. The van der Waals surface area contributed by atoms with Gasteiger partial charge >= 0.3 is 0 Å². The molecule has 0 radical (unpaired) electrons. The minimum absolute atomic E-state index is 0.127. The van der Waals surface area contributed by atoms with E-state index in [1.54, 1.807) is 18.1 Å². The number of furan rings is 1. The Morgan fingerprint density at radius 3 is 2.57 bits per heavy atom. The third kappa shape index (κ3) is 4.57. The molecule has 0 unspecified atom stereocenters. The molecular weight excluding hydrogens is 464 g/mol. The van der Waals surface area contributed by atoms with Crippen LogP contribution in [0, 0.1) is 13.8 Å². The van der Waals surface area contributed by atoms with Gasteiger partial charge in [0, 0.05) is 6.42 Å². The van der Waals surface area contributed by atoms with Gasteiger partial charge in [0.2, 0.25) is 5.16 Å². The smallest absolute Gasteiger partial charge is 0.253 e. The van der Waals surface area contributed by atoms with E-state index in [0.717, 1.165) is 33.8 Å². The van der Waals surface area contributed by atoms with Gasteiger partial charge in [0.25, 0.3) is 5.91 Å². The number of rotatable bonds is 7. The quantitative estimate of drug-likeness (QED) is 0.357. The standard InChI is InChI=1S/C25H24N6O3S/c1-16-6-4-7-17(2)24(16)31-25(26-28-29-31)35-15-23(32)30-21(22-8-5-13-34-22)14-20(27-30)18-9-11-19(33-3)12-10-18/h4-13,21H,14-15H2,1-3H3/t21-/m0/s1. The van der Waals surface area contributed by atoms with E-state index in [1.165, 1.54) is 16.8 Å². The number of thioether (sulfide) groups is 1. The highest BCUT2D eigenvalue weighted by Crippen LogP contribution is 2.34. The van der Waals surface area contributed by atoms with Gasteiger partial charge in [-0.2, -0.15) is 9.78 Å². The summed E-state index contributed by atoms with van der Waals surface area (Å²) in [5.41, 5.74) is 4.77. The van der Waals surface area contributed by atoms with Gasteiger partial charge in [0.1, 0.15) is 17.6 Å². The molecule has 4 aromatic rings. The maximum Gasteiger partial charge on any atom is 0.253 e. The summed E-state index contributed by atoms with van der Waals surface area (Å²) in [4.78, 5) is 13.4. The molecular formula is C25H24N6O3S. The lowest BCUT2D eigenvalue weighted by atomic mass is 10.0. The molecule has 2 aromatic carbocycles. The van der Waals surface area contributed by atoms with Crippen LogP contribution in [-0.4, -0.2) is 49.7 Å². The summed E-state index contributed by atoms with van der Waals surface area (Å²) in [6, 6.07) is 17.0. The lowest BCUT2D eigenvalue weighted by Gasteiger charge is -2.19. The van der Waals surface area contributed by atoms with Gasteiger partial charge in [0.15, 0.2) is 0 Å². The summed E-state index contributed by atoms with van der Waals surface area (Å²) in [5, 5.41) is 18.9. The molecule has 178 valence electrons. The lowest BCUT2D eigenvalue weighted by Crippen LogP contribution is -2.28. The highest BCUT2D eigenvalue weighted by atomic mass is 32.2. The third-order valence-corrected chi connectivity index (χ3v) is 6.78. The second-order valence-corrected chi connectivity index (χ2v) is 9.09. The number of hydrogen-bond acceptors (Lipinski definition) is 8. The second-order valence-electron chi connectivity index (χ2n) is 8.15. The fourth-order valence-corrected chi connectivity index (χ4v) is 4.87. The van der Waals surface area contributed by atoms with Crippen LogP contribution in [0.4, 0.5) is 0 Å².